The summed E-state index contributed by atoms with van der Waals surface area (Å²) in [4.78, 5) is 44.4. The normalized spacial score (nSPS) is 11.6. The van der Waals surface area contributed by atoms with Gasteiger partial charge in [0.15, 0.2) is 5.70 Å². The largest absolute Gasteiger partial charge is 3.00 e. The van der Waals surface area contributed by atoms with E-state index in [-0.39, 0.29) is 39.5 Å². The van der Waals surface area contributed by atoms with Crippen molar-refractivity contribution >= 4 is 45.9 Å². The van der Waals surface area contributed by atoms with Crippen molar-refractivity contribution in [2.75, 3.05) is 10.6 Å². The second-order valence-electron chi connectivity index (χ2n) is 9.70. The van der Waals surface area contributed by atoms with Crippen LogP contribution < -0.4 is 26.0 Å². The zero-order chi connectivity index (χ0) is 36.8. The van der Waals surface area contributed by atoms with Crippen LogP contribution in [0.5, 0.6) is 11.5 Å². The molecule has 19 heteroatoms. The topological polar surface area (TPSA) is 283 Å². The smallest absolute Gasteiger partial charge is 0.874 e. The van der Waals surface area contributed by atoms with Crippen molar-refractivity contribution in [1.82, 2.24) is 0 Å². The van der Waals surface area contributed by atoms with E-state index in [2.05, 4.69) is 31.1 Å². The number of aliphatic hydroxyl groups excluding tert-OH is 1. The molecule has 0 aliphatic rings. The zero-order valence-electron chi connectivity index (χ0n) is 26.4. The molecule has 0 saturated carbocycles. The number of carbonyl (C=O) groups is 2. The van der Waals surface area contributed by atoms with E-state index in [0.29, 0.717) is 11.4 Å². The van der Waals surface area contributed by atoms with Crippen molar-refractivity contribution in [1.29, 1.82) is 0 Å². The number of nitro benzene ring substituents is 2. The van der Waals surface area contributed by atoms with Gasteiger partial charge in [0.1, 0.15) is 11.5 Å². The fourth-order valence-electron chi connectivity index (χ4n) is 3.58. The van der Waals surface area contributed by atoms with Crippen LogP contribution in [-0.2, 0) is 26.4 Å². The number of nitro groups is 2. The Balaban J connectivity index is 0.000000347. The molecule has 18 nitrogen and oxygen atoms in total. The predicted octanol–water partition coefficient (Wildman–Crippen LogP) is 5.16. The average Bonchev–Trinajstić information content (AvgIpc) is 3.07. The van der Waals surface area contributed by atoms with E-state index in [1.165, 1.54) is 6.92 Å². The van der Waals surface area contributed by atoms with Gasteiger partial charge in [0.05, 0.1) is 21.2 Å². The number of para-hydroxylation sites is 2. The van der Waals surface area contributed by atoms with Gasteiger partial charge in [-0.25, -0.2) is 0 Å². The first kappa shape index (κ1) is 40.2. The molecule has 0 fully saturated rings. The van der Waals surface area contributed by atoms with Crippen molar-refractivity contribution in [2.45, 2.75) is 13.8 Å². The minimum atomic E-state index is -0.805. The predicted molar refractivity (Wildman–Crippen MR) is 172 cm³/mol. The van der Waals surface area contributed by atoms with Crippen LogP contribution in [0, 0.1) is 20.2 Å². The quantitative estimate of drug-likeness (QED) is 0.0631. The van der Waals surface area contributed by atoms with E-state index < -0.39 is 56.1 Å². The third-order valence-corrected chi connectivity index (χ3v) is 5.99. The van der Waals surface area contributed by atoms with Crippen LogP contribution >= 0.6 is 0 Å². The first-order valence-corrected chi connectivity index (χ1v) is 14.0. The molecule has 0 heterocycles. The maximum absolute atomic E-state index is 12.2. The van der Waals surface area contributed by atoms with Gasteiger partial charge in [0.25, 0.3) is 23.2 Å². The second kappa shape index (κ2) is 19.1. The molecule has 0 bridgehead atoms. The molecule has 4 aromatic carbocycles. The van der Waals surface area contributed by atoms with Crippen LogP contribution in [-0.4, -0.2) is 26.8 Å². The van der Waals surface area contributed by atoms with Crippen molar-refractivity contribution < 1.29 is 56.6 Å². The number of anilines is 2. The Bertz CT molecular complexity index is 1870. The average molecular weight is 741 g/mol. The molecule has 0 atom stereocenters. The van der Waals surface area contributed by atoms with Gasteiger partial charge in [-0.05, 0) is 31.2 Å². The molecule has 3 N–H and O–H groups in total. The van der Waals surface area contributed by atoms with E-state index in [4.69, 9.17) is 0 Å². The number of nitrogens with zero attached hydrogens (tertiary/aromatic N) is 6. The summed E-state index contributed by atoms with van der Waals surface area (Å²) in [5.74, 6) is -3.87. The Morgan fingerprint density at radius 3 is 1.37 bits per heavy atom. The molecule has 0 radical (unpaired) electrons. The van der Waals surface area contributed by atoms with Crippen LogP contribution in [0.15, 0.2) is 140 Å². The number of nitrogens with one attached hydrogen (secondary N) is 2. The van der Waals surface area contributed by atoms with Gasteiger partial charge < -0.3 is 31.1 Å². The van der Waals surface area contributed by atoms with Gasteiger partial charge in [-0.3, -0.25) is 29.8 Å². The molecular formula is C32H25CoN8O10. The van der Waals surface area contributed by atoms with E-state index in [1.807, 2.05) is 0 Å². The Morgan fingerprint density at radius 2 is 1.02 bits per heavy atom. The molecule has 4 rings (SSSR count). The summed E-state index contributed by atoms with van der Waals surface area (Å²) in [7, 11) is 0. The van der Waals surface area contributed by atoms with Gasteiger partial charge in [0.2, 0.25) is 0 Å². The number of amides is 2. The summed E-state index contributed by atoms with van der Waals surface area (Å²) in [6.45, 7) is 2.34. The number of hydrogen-bond donors (Lipinski definition) is 3. The molecule has 0 spiro atoms. The molecule has 4 aromatic rings. The first-order chi connectivity index (χ1) is 23.8. The molecule has 2 amide bonds. The minimum Gasteiger partial charge on any atom is -0.874 e. The summed E-state index contributed by atoms with van der Waals surface area (Å²) >= 11 is 0. The van der Waals surface area contributed by atoms with Gasteiger partial charge >= 0.3 is 16.8 Å². The Kier molecular flexibility index (Phi) is 15.1. The summed E-state index contributed by atoms with van der Waals surface area (Å²) in [5, 5.41) is 85.2. The zero-order valence-corrected chi connectivity index (χ0v) is 27.4. The van der Waals surface area contributed by atoms with E-state index in [0.717, 1.165) is 43.3 Å². The van der Waals surface area contributed by atoms with E-state index in [1.54, 1.807) is 60.7 Å². The molecule has 0 aliphatic heterocycles. The SMILES string of the molecule is CC(O)=C(N=Nc1cc([N+](=O)[O-])ccc1[O-])C(=O)Nc1ccccc1.CC([O-])=C(N=Nc1cc([N+](=O)[O-])ccc1[O-])C(=O)Nc1ccccc1.[Co+3]. The first-order valence-electron chi connectivity index (χ1n) is 14.0. The van der Waals surface area contributed by atoms with Crippen LogP contribution in [0.25, 0.3) is 0 Å². The summed E-state index contributed by atoms with van der Waals surface area (Å²) in [5.41, 5.74) is -1.40. The number of azo groups is 2. The molecule has 0 unspecified atom stereocenters. The summed E-state index contributed by atoms with van der Waals surface area (Å²) in [6, 6.07) is 22.7. The third kappa shape index (κ3) is 12.2. The van der Waals surface area contributed by atoms with Gasteiger partial charge in [0, 0.05) is 35.6 Å². The monoisotopic (exact) mass is 740 g/mol. The minimum absolute atomic E-state index is 0. The Labute approximate surface area is 298 Å². The van der Waals surface area contributed by atoms with Gasteiger partial charge in [-0.1, -0.05) is 67.0 Å². The van der Waals surface area contributed by atoms with E-state index >= 15 is 0 Å². The van der Waals surface area contributed by atoms with Crippen LogP contribution in [0.4, 0.5) is 34.1 Å². The fraction of sp³-hybridized carbons (Fsp3) is 0.0625. The van der Waals surface area contributed by atoms with Crippen LogP contribution in [0.2, 0.25) is 0 Å². The number of rotatable bonds is 10. The number of carbonyl (C=O) groups excluding carboxylic acids is 2. The molecule has 0 aliphatic carbocycles. The van der Waals surface area contributed by atoms with Crippen molar-refractivity contribution in [3.05, 3.63) is 140 Å². The fourth-order valence-corrected chi connectivity index (χ4v) is 3.58. The number of benzene rings is 4. The number of hydrogen-bond acceptors (Lipinski definition) is 14. The summed E-state index contributed by atoms with van der Waals surface area (Å²) < 4.78 is 0. The number of allylic oxidation sites excluding steroid dienone is 2. The van der Waals surface area contributed by atoms with Crippen molar-refractivity contribution in [2.24, 2.45) is 20.5 Å². The summed E-state index contributed by atoms with van der Waals surface area (Å²) in [6.07, 6.45) is 0. The van der Waals surface area contributed by atoms with Crippen molar-refractivity contribution in [3.8, 4) is 11.5 Å². The van der Waals surface area contributed by atoms with Gasteiger partial charge in [-0.15, -0.1) is 16.0 Å². The van der Waals surface area contributed by atoms with E-state index in [9.17, 15) is 50.2 Å². The number of non-ortho nitro benzene ring substituents is 2. The molecule has 0 aromatic heterocycles. The Morgan fingerprint density at radius 1 is 0.647 bits per heavy atom. The maximum atomic E-state index is 12.2. The molecule has 0 saturated heterocycles. The van der Waals surface area contributed by atoms with Crippen LogP contribution in [0.1, 0.15) is 13.8 Å². The second-order valence-corrected chi connectivity index (χ2v) is 9.70. The molecule has 262 valence electrons. The Hall–Kier alpha value is -6.99. The molecular weight excluding hydrogens is 715 g/mol. The van der Waals surface area contributed by atoms with Crippen LogP contribution in [0.3, 0.4) is 0 Å². The van der Waals surface area contributed by atoms with Crippen molar-refractivity contribution in [3.63, 3.8) is 0 Å². The van der Waals surface area contributed by atoms with Gasteiger partial charge in [-0.2, -0.15) is 10.2 Å². The molecule has 51 heavy (non-hydrogen) atoms. The number of aliphatic hydroxyl groups is 1. The third-order valence-electron chi connectivity index (χ3n) is 5.99. The maximum Gasteiger partial charge on any atom is 3.00 e. The standard InChI is InChI=1S/2C16H14N4O5.Co/c2*1-10(21)15(16(23)17-11-5-3-2-4-6-11)19-18-13-9-12(20(24)25)7-8-14(13)22;/h2*2-9,21-22H,1H3,(H,17,23);/q;;+3/p-3.